The van der Waals surface area contributed by atoms with E-state index in [2.05, 4.69) is 4.74 Å². The maximum atomic E-state index is 11.0. The molecule has 14 heavy (non-hydrogen) atoms. The molecule has 5 nitrogen and oxygen atoms in total. The molecule has 0 saturated heterocycles. The molecule has 0 aliphatic rings. The Labute approximate surface area is 105 Å². The summed E-state index contributed by atoms with van der Waals surface area (Å²) in [4.78, 5) is 42.8. The normalized spacial score (nSPS) is 8.86. The maximum Gasteiger partial charge on any atom is 1.00 e. The summed E-state index contributed by atoms with van der Waals surface area (Å²) in [5, 5.41) is 0. The van der Waals surface area contributed by atoms with E-state index < -0.39 is 29.4 Å². The van der Waals surface area contributed by atoms with Gasteiger partial charge >= 0.3 is 41.5 Å². The fourth-order valence-electron chi connectivity index (χ4n) is 0.819. The van der Waals surface area contributed by atoms with Crippen LogP contribution in [0.5, 0.6) is 0 Å². The SMILES string of the molecule is CC(=O)OC(=O)C(C(C)=O)C(C)=O.[H-].[Na+]. The number of carbonyl (C=O) groups excluding carboxylic acids is 4. The first-order chi connectivity index (χ1) is 5.86. The molecule has 6 heteroatoms. The van der Waals surface area contributed by atoms with Crippen LogP contribution in [-0.4, -0.2) is 23.5 Å². The van der Waals surface area contributed by atoms with E-state index in [-0.39, 0.29) is 31.0 Å². The molecule has 0 radical (unpaired) electrons. The Morgan fingerprint density at radius 1 is 1.00 bits per heavy atom. The Morgan fingerprint density at radius 2 is 1.36 bits per heavy atom. The standard InChI is InChI=1S/C8H10O5.Na.H/c1-4(9)7(5(2)10)8(12)13-6(3)11;;/h7H,1-3H3;;/q;+1;-1. The summed E-state index contributed by atoms with van der Waals surface area (Å²) < 4.78 is 4.12. The van der Waals surface area contributed by atoms with E-state index in [1.54, 1.807) is 0 Å². The van der Waals surface area contributed by atoms with Gasteiger partial charge in [0, 0.05) is 6.92 Å². The summed E-state index contributed by atoms with van der Waals surface area (Å²) in [5.41, 5.74) is 0. The maximum absolute atomic E-state index is 11.0. The third-order valence-corrected chi connectivity index (χ3v) is 1.29. The van der Waals surface area contributed by atoms with Crippen LogP contribution in [-0.2, 0) is 23.9 Å². The number of ether oxygens (including phenoxy) is 1. The van der Waals surface area contributed by atoms with E-state index in [0.717, 1.165) is 20.8 Å². The van der Waals surface area contributed by atoms with Crippen LogP contribution in [0.15, 0.2) is 0 Å². The zero-order valence-electron chi connectivity index (χ0n) is 9.62. The summed E-state index contributed by atoms with van der Waals surface area (Å²) in [5.74, 6) is -4.66. The number of ketones is 2. The van der Waals surface area contributed by atoms with Crippen LogP contribution in [0.4, 0.5) is 0 Å². The summed E-state index contributed by atoms with van der Waals surface area (Å²) in [7, 11) is 0. The van der Waals surface area contributed by atoms with Crippen molar-refractivity contribution in [1.29, 1.82) is 0 Å². The molecule has 0 aromatic rings. The molecule has 0 aromatic heterocycles. The van der Waals surface area contributed by atoms with Crippen LogP contribution in [0.2, 0.25) is 0 Å². The second-order valence-corrected chi connectivity index (χ2v) is 2.57. The largest absolute Gasteiger partial charge is 1.00 e. The second kappa shape index (κ2) is 6.86. The minimum absolute atomic E-state index is 0. The van der Waals surface area contributed by atoms with E-state index in [0.29, 0.717) is 0 Å². The van der Waals surface area contributed by atoms with Crippen molar-refractivity contribution >= 4 is 23.5 Å². The van der Waals surface area contributed by atoms with Crippen molar-refractivity contribution in [3.05, 3.63) is 0 Å². The Bertz CT molecular complexity index is 262. The van der Waals surface area contributed by atoms with Crippen molar-refractivity contribution in [1.82, 2.24) is 0 Å². The number of esters is 2. The van der Waals surface area contributed by atoms with Gasteiger partial charge < -0.3 is 6.16 Å². The summed E-state index contributed by atoms with van der Waals surface area (Å²) >= 11 is 0. The Hall–Kier alpha value is -0.520. The molecule has 0 aromatic carbocycles. The van der Waals surface area contributed by atoms with E-state index in [1.165, 1.54) is 0 Å². The molecule has 0 unspecified atom stereocenters. The zero-order chi connectivity index (χ0) is 10.6. The van der Waals surface area contributed by atoms with E-state index in [9.17, 15) is 19.2 Å². The third kappa shape index (κ3) is 5.26. The van der Waals surface area contributed by atoms with Gasteiger partial charge in [0.05, 0.1) is 0 Å². The zero-order valence-corrected chi connectivity index (χ0v) is 10.6. The average Bonchev–Trinajstić information content (AvgIpc) is 1.81. The number of carbonyl (C=O) groups is 4. The topological polar surface area (TPSA) is 77.5 Å². The van der Waals surface area contributed by atoms with E-state index in [1.807, 2.05) is 0 Å². The molecular weight excluding hydrogens is 199 g/mol. The number of hydrogen-bond acceptors (Lipinski definition) is 5. The molecular formula is C8H11NaO5. The molecule has 0 amide bonds. The van der Waals surface area contributed by atoms with Crippen LogP contribution in [0.1, 0.15) is 22.2 Å². The Balaban J connectivity index is -0.000000720. The van der Waals surface area contributed by atoms with Crippen molar-refractivity contribution in [3.63, 3.8) is 0 Å². The predicted octanol–water partition coefficient (Wildman–Crippen LogP) is -3.01. The van der Waals surface area contributed by atoms with Gasteiger partial charge in [-0.2, -0.15) is 0 Å². The molecule has 0 aliphatic heterocycles. The van der Waals surface area contributed by atoms with Crippen molar-refractivity contribution in [2.75, 3.05) is 0 Å². The minimum Gasteiger partial charge on any atom is -1.00 e. The van der Waals surface area contributed by atoms with E-state index >= 15 is 0 Å². The van der Waals surface area contributed by atoms with Gasteiger partial charge in [-0.25, -0.2) is 0 Å². The van der Waals surface area contributed by atoms with Crippen LogP contribution in [0.25, 0.3) is 0 Å². The number of hydrogen-bond donors (Lipinski definition) is 0. The van der Waals surface area contributed by atoms with Gasteiger partial charge in [0.15, 0.2) is 17.5 Å². The smallest absolute Gasteiger partial charge is 1.00 e. The quantitative estimate of drug-likeness (QED) is 0.281. The van der Waals surface area contributed by atoms with Crippen molar-refractivity contribution in [2.45, 2.75) is 20.8 Å². The Kier molecular flexibility index (Phi) is 7.81. The van der Waals surface area contributed by atoms with Gasteiger partial charge in [-0.05, 0) is 13.8 Å². The van der Waals surface area contributed by atoms with Gasteiger partial charge in [0.25, 0.3) is 0 Å². The number of rotatable bonds is 3. The molecule has 0 heterocycles. The molecule has 74 valence electrons. The molecule has 0 fully saturated rings. The fraction of sp³-hybridized carbons (Fsp3) is 0.500. The first-order valence-corrected chi connectivity index (χ1v) is 3.59. The minimum atomic E-state index is -1.47. The van der Waals surface area contributed by atoms with Crippen molar-refractivity contribution in [2.24, 2.45) is 5.92 Å². The monoisotopic (exact) mass is 210 g/mol. The fourth-order valence-corrected chi connectivity index (χ4v) is 0.819. The first kappa shape index (κ1) is 15.9. The first-order valence-electron chi connectivity index (χ1n) is 3.59. The predicted molar refractivity (Wildman–Crippen MR) is 42.7 cm³/mol. The summed E-state index contributed by atoms with van der Waals surface area (Å²) in [6, 6.07) is 0. The molecule has 0 rings (SSSR count). The van der Waals surface area contributed by atoms with Crippen molar-refractivity contribution < 1.29 is 54.9 Å². The van der Waals surface area contributed by atoms with Gasteiger partial charge in [-0.3, -0.25) is 19.2 Å². The summed E-state index contributed by atoms with van der Waals surface area (Å²) in [6.07, 6.45) is 0. The number of Topliss-reactive ketones (excluding diaryl/α,β-unsaturated/α-hetero) is 2. The molecule has 0 aliphatic carbocycles. The molecule has 0 saturated carbocycles. The van der Waals surface area contributed by atoms with Gasteiger partial charge in [-0.15, -0.1) is 0 Å². The molecule has 0 bridgehead atoms. The molecule has 0 spiro atoms. The van der Waals surface area contributed by atoms with Gasteiger partial charge in [0.2, 0.25) is 0 Å². The van der Waals surface area contributed by atoms with Gasteiger partial charge in [0.1, 0.15) is 0 Å². The molecule has 0 atom stereocenters. The van der Waals surface area contributed by atoms with Crippen LogP contribution in [0.3, 0.4) is 0 Å². The van der Waals surface area contributed by atoms with Crippen LogP contribution < -0.4 is 29.6 Å². The van der Waals surface area contributed by atoms with E-state index in [4.69, 9.17) is 0 Å². The van der Waals surface area contributed by atoms with Gasteiger partial charge in [-0.1, -0.05) is 0 Å². The average molecular weight is 210 g/mol. The van der Waals surface area contributed by atoms with Crippen LogP contribution in [0, 0.1) is 5.92 Å². The van der Waals surface area contributed by atoms with Crippen molar-refractivity contribution in [3.8, 4) is 0 Å². The third-order valence-electron chi connectivity index (χ3n) is 1.29. The second-order valence-electron chi connectivity index (χ2n) is 2.57. The Morgan fingerprint density at radius 3 is 1.57 bits per heavy atom. The summed E-state index contributed by atoms with van der Waals surface area (Å²) in [6.45, 7) is 3.20. The molecule has 0 N–H and O–H groups in total. The van der Waals surface area contributed by atoms with Crippen LogP contribution >= 0.6 is 0 Å².